The van der Waals surface area contributed by atoms with Gasteiger partial charge >= 0.3 is 0 Å². The SMILES string of the molecule is C/C=C\N=Cc1[nH]c(C)cc1C. The first-order valence-electron chi connectivity index (χ1n) is 4.04. The van der Waals surface area contributed by atoms with E-state index in [9.17, 15) is 0 Å². The van der Waals surface area contributed by atoms with Crippen molar-refractivity contribution in [2.75, 3.05) is 0 Å². The molecule has 0 aromatic carbocycles. The molecule has 0 fully saturated rings. The number of nitrogens with one attached hydrogen (secondary N) is 1. The zero-order valence-electron chi connectivity index (χ0n) is 7.76. The van der Waals surface area contributed by atoms with Gasteiger partial charge in [0.05, 0.1) is 11.9 Å². The van der Waals surface area contributed by atoms with Crippen LogP contribution in [-0.4, -0.2) is 11.2 Å². The van der Waals surface area contributed by atoms with Crippen molar-refractivity contribution in [2.24, 2.45) is 4.99 Å². The Bertz CT molecular complexity index is 306. The Hall–Kier alpha value is -1.31. The average molecular weight is 162 g/mol. The van der Waals surface area contributed by atoms with Gasteiger partial charge in [-0.15, -0.1) is 0 Å². The molecule has 0 saturated heterocycles. The molecule has 1 heterocycles. The van der Waals surface area contributed by atoms with Crippen LogP contribution in [0, 0.1) is 13.8 Å². The molecule has 1 N–H and O–H groups in total. The van der Waals surface area contributed by atoms with Crippen molar-refractivity contribution in [3.8, 4) is 0 Å². The molecule has 0 amide bonds. The number of allylic oxidation sites excluding steroid dienone is 1. The summed E-state index contributed by atoms with van der Waals surface area (Å²) in [6.07, 6.45) is 5.51. The number of H-pyrrole nitrogens is 1. The molecule has 1 aromatic heterocycles. The first-order valence-corrected chi connectivity index (χ1v) is 4.04. The fourth-order valence-electron chi connectivity index (χ4n) is 1.09. The van der Waals surface area contributed by atoms with Crippen molar-refractivity contribution in [2.45, 2.75) is 20.8 Å². The van der Waals surface area contributed by atoms with Crippen LogP contribution in [0.1, 0.15) is 23.9 Å². The minimum absolute atomic E-state index is 1.09. The third-order valence-electron chi connectivity index (χ3n) is 1.63. The highest BCUT2D eigenvalue weighted by Crippen LogP contribution is 2.05. The van der Waals surface area contributed by atoms with Crippen LogP contribution in [0.15, 0.2) is 23.3 Å². The van der Waals surface area contributed by atoms with Crippen LogP contribution >= 0.6 is 0 Å². The van der Waals surface area contributed by atoms with Crippen LogP contribution in [0.4, 0.5) is 0 Å². The van der Waals surface area contributed by atoms with E-state index in [0.29, 0.717) is 0 Å². The Morgan fingerprint density at radius 2 is 2.17 bits per heavy atom. The predicted octanol–water partition coefficient (Wildman–Crippen LogP) is 2.58. The highest BCUT2D eigenvalue weighted by Gasteiger charge is 1.96. The Kier molecular flexibility index (Phi) is 2.86. The largest absolute Gasteiger partial charge is 0.358 e. The van der Waals surface area contributed by atoms with Gasteiger partial charge in [0.1, 0.15) is 0 Å². The van der Waals surface area contributed by atoms with E-state index in [1.54, 1.807) is 6.20 Å². The number of aliphatic imine (C=N–C) groups is 1. The van der Waals surface area contributed by atoms with Gasteiger partial charge in [0.25, 0.3) is 0 Å². The monoisotopic (exact) mass is 162 g/mol. The number of hydrogen-bond donors (Lipinski definition) is 1. The van der Waals surface area contributed by atoms with Gasteiger partial charge in [-0.1, -0.05) is 6.08 Å². The van der Waals surface area contributed by atoms with Crippen LogP contribution in [0.25, 0.3) is 0 Å². The molecule has 0 spiro atoms. The summed E-state index contributed by atoms with van der Waals surface area (Å²) in [6.45, 7) is 6.06. The fraction of sp³-hybridized carbons (Fsp3) is 0.300. The lowest BCUT2D eigenvalue weighted by molar-refractivity contribution is 1.25. The van der Waals surface area contributed by atoms with Gasteiger partial charge in [0.15, 0.2) is 0 Å². The molecule has 2 nitrogen and oxygen atoms in total. The molecule has 0 radical (unpaired) electrons. The molecule has 64 valence electrons. The van der Waals surface area contributed by atoms with Crippen molar-refractivity contribution in [1.29, 1.82) is 0 Å². The van der Waals surface area contributed by atoms with Crippen LogP contribution in [0.5, 0.6) is 0 Å². The predicted molar refractivity (Wildman–Crippen MR) is 52.7 cm³/mol. The van der Waals surface area contributed by atoms with Gasteiger partial charge in [-0.25, -0.2) is 0 Å². The minimum Gasteiger partial charge on any atom is -0.358 e. The summed E-state index contributed by atoms with van der Waals surface area (Å²) in [5.74, 6) is 0. The molecular formula is C10H14N2. The zero-order chi connectivity index (χ0) is 8.97. The lowest BCUT2D eigenvalue weighted by Gasteiger charge is -1.86. The van der Waals surface area contributed by atoms with E-state index in [2.05, 4.69) is 23.0 Å². The quantitative estimate of drug-likeness (QED) is 0.647. The molecule has 0 aliphatic heterocycles. The van der Waals surface area contributed by atoms with Gasteiger partial charge in [0, 0.05) is 11.9 Å². The maximum atomic E-state index is 4.10. The average Bonchev–Trinajstić information content (AvgIpc) is 2.31. The number of aromatic amines is 1. The summed E-state index contributed by atoms with van der Waals surface area (Å²) in [5.41, 5.74) is 3.50. The van der Waals surface area contributed by atoms with Crippen LogP contribution in [0.2, 0.25) is 0 Å². The third-order valence-corrected chi connectivity index (χ3v) is 1.63. The second-order valence-electron chi connectivity index (χ2n) is 2.81. The van der Waals surface area contributed by atoms with E-state index >= 15 is 0 Å². The van der Waals surface area contributed by atoms with E-state index in [0.717, 1.165) is 5.69 Å². The molecule has 0 bridgehead atoms. The second kappa shape index (κ2) is 3.90. The Morgan fingerprint density at radius 1 is 1.42 bits per heavy atom. The van der Waals surface area contributed by atoms with Crippen molar-refractivity contribution >= 4 is 6.21 Å². The molecule has 1 aromatic rings. The highest BCUT2D eigenvalue weighted by atomic mass is 14.8. The molecular weight excluding hydrogens is 148 g/mol. The van der Waals surface area contributed by atoms with E-state index in [1.165, 1.54) is 11.3 Å². The molecule has 12 heavy (non-hydrogen) atoms. The first-order chi connectivity index (χ1) is 5.74. The number of nitrogens with zero attached hydrogens (tertiary/aromatic N) is 1. The topological polar surface area (TPSA) is 28.1 Å². The molecule has 0 aliphatic carbocycles. The lowest BCUT2D eigenvalue weighted by Crippen LogP contribution is -1.82. The summed E-state index contributed by atoms with van der Waals surface area (Å²) < 4.78 is 0. The van der Waals surface area contributed by atoms with Gasteiger partial charge in [-0.3, -0.25) is 4.99 Å². The standard InChI is InChI=1S/C10H14N2/c1-4-5-11-7-10-8(2)6-9(3)12-10/h4-7,12H,1-3H3/b5-4-,11-7?. The van der Waals surface area contributed by atoms with Gasteiger partial charge in [-0.2, -0.15) is 0 Å². The van der Waals surface area contributed by atoms with E-state index in [4.69, 9.17) is 0 Å². The zero-order valence-corrected chi connectivity index (χ0v) is 7.76. The molecule has 0 saturated carbocycles. The van der Waals surface area contributed by atoms with Gasteiger partial charge < -0.3 is 4.98 Å². The normalized spacial score (nSPS) is 11.9. The van der Waals surface area contributed by atoms with Crippen LogP contribution in [-0.2, 0) is 0 Å². The fourth-order valence-corrected chi connectivity index (χ4v) is 1.09. The second-order valence-corrected chi connectivity index (χ2v) is 2.81. The summed E-state index contributed by atoms with van der Waals surface area (Å²) in [5, 5.41) is 0. The van der Waals surface area contributed by atoms with E-state index in [-0.39, 0.29) is 0 Å². The lowest BCUT2D eigenvalue weighted by atomic mass is 10.3. The first kappa shape index (κ1) is 8.78. The maximum absolute atomic E-state index is 4.10. The number of aryl methyl sites for hydroxylation is 2. The Balaban J connectivity index is 2.81. The van der Waals surface area contributed by atoms with Crippen molar-refractivity contribution in [3.63, 3.8) is 0 Å². The van der Waals surface area contributed by atoms with E-state index in [1.807, 2.05) is 26.1 Å². The Labute approximate surface area is 73.0 Å². The minimum atomic E-state index is 1.09. The summed E-state index contributed by atoms with van der Waals surface area (Å²) in [4.78, 5) is 7.32. The molecule has 0 atom stereocenters. The molecule has 2 heteroatoms. The number of hydrogen-bond acceptors (Lipinski definition) is 1. The van der Waals surface area contributed by atoms with Crippen molar-refractivity contribution in [1.82, 2.24) is 4.98 Å². The highest BCUT2D eigenvalue weighted by molar-refractivity contribution is 5.79. The Morgan fingerprint density at radius 3 is 2.67 bits per heavy atom. The van der Waals surface area contributed by atoms with Crippen molar-refractivity contribution in [3.05, 3.63) is 35.3 Å². The molecule has 1 rings (SSSR count). The van der Waals surface area contributed by atoms with Crippen LogP contribution in [0.3, 0.4) is 0 Å². The van der Waals surface area contributed by atoms with Crippen molar-refractivity contribution < 1.29 is 0 Å². The molecule has 0 unspecified atom stereocenters. The smallest absolute Gasteiger partial charge is 0.0598 e. The number of aromatic nitrogens is 1. The van der Waals surface area contributed by atoms with Gasteiger partial charge in [-0.05, 0) is 32.4 Å². The third kappa shape index (κ3) is 2.09. The summed E-state index contributed by atoms with van der Waals surface area (Å²) in [6, 6.07) is 2.11. The number of rotatable bonds is 2. The van der Waals surface area contributed by atoms with Crippen LogP contribution < -0.4 is 0 Å². The van der Waals surface area contributed by atoms with E-state index < -0.39 is 0 Å². The summed E-state index contributed by atoms with van der Waals surface area (Å²) >= 11 is 0. The molecule has 0 aliphatic rings. The maximum Gasteiger partial charge on any atom is 0.0598 e. The van der Waals surface area contributed by atoms with Gasteiger partial charge in [0.2, 0.25) is 0 Å². The summed E-state index contributed by atoms with van der Waals surface area (Å²) in [7, 11) is 0.